The molecule has 1 aromatic rings. The van der Waals surface area contributed by atoms with E-state index in [1.54, 1.807) is 6.07 Å². The first-order chi connectivity index (χ1) is 7.26. The zero-order valence-corrected chi connectivity index (χ0v) is 10.8. The molecule has 0 amide bonds. The Balaban J connectivity index is 2.20. The summed E-state index contributed by atoms with van der Waals surface area (Å²) in [5.74, 6) is 2.97. The van der Waals surface area contributed by atoms with Gasteiger partial charge >= 0.3 is 0 Å². The van der Waals surface area contributed by atoms with Crippen molar-refractivity contribution >= 4 is 23.4 Å². The minimum atomic E-state index is 0.476. The van der Waals surface area contributed by atoms with Crippen molar-refractivity contribution in [1.29, 1.82) is 0 Å². The summed E-state index contributed by atoms with van der Waals surface area (Å²) in [4.78, 5) is 0. The second-order valence-corrected chi connectivity index (χ2v) is 4.90. The third-order valence-corrected chi connectivity index (χ3v) is 3.57. The molecule has 0 radical (unpaired) electrons. The van der Waals surface area contributed by atoms with E-state index in [2.05, 4.69) is 12.2 Å². The van der Waals surface area contributed by atoms with Crippen LogP contribution in [-0.4, -0.2) is 18.8 Å². The van der Waals surface area contributed by atoms with Crippen LogP contribution in [0.5, 0.6) is 0 Å². The normalized spacial score (nSPS) is 13.0. The third-order valence-electron chi connectivity index (χ3n) is 2.24. The molecule has 0 aliphatic heterocycles. The molecule has 0 spiro atoms. The van der Waals surface area contributed by atoms with Gasteiger partial charge < -0.3 is 9.73 Å². The monoisotopic (exact) mass is 247 g/mol. The number of thioether (sulfide) groups is 1. The average Bonchev–Trinajstić information content (AvgIpc) is 2.63. The van der Waals surface area contributed by atoms with E-state index in [1.807, 2.05) is 24.9 Å². The van der Waals surface area contributed by atoms with Gasteiger partial charge in [0.15, 0.2) is 5.22 Å². The first-order valence-electron chi connectivity index (χ1n) is 5.25. The summed E-state index contributed by atoms with van der Waals surface area (Å²) in [7, 11) is 2.02. The molecule has 0 bridgehead atoms. The van der Waals surface area contributed by atoms with Crippen LogP contribution in [-0.2, 0) is 5.75 Å². The Morgan fingerprint density at radius 1 is 1.53 bits per heavy atom. The van der Waals surface area contributed by atoms with Crippen LogP contribution < -0.4 is 5.32 Å². The van der Waals surface area contributed by atoms with E-state index in [0.717, 1.165) is 17.3 Å². The Morgan fingerprint density at radius 3 is 2.87 bits per heavy atom. The smallest absolute Gasteiger partial charge is 0.193 e. The van der Waals surface area contributed by atoms with Crippen LogP contribution >= 0.6 is 23.4 Å². The molecule has 1 N–H and O–H groups in total. The van der Waals surface area contributed by atoms with Gasteiger partial charge in [-0.2, -0.15) is 11.8 Å². The molecule has 15 heavy (non-hydrogen) atoms. The van der Waals surface area contributed by atoms with Crippen molar-refractivity contribution in [3.63, 3.8) is 0 Å². The number of rotatable bonds is 7. The SMILES string of the molecule is CCCC(CSCc1ccc(Cl)o1)NC. The predicted molar refractivity (Wildman–Crippen MR) is 67.6 cm³/mol. The number of hydrogen-bond donors (Lipinski definition) is 1. The van der Waals surface area contributed by atoms with E-state index in [-0.39, 0.29) is 0 Å². The van der Waals surface area contributed by atoms with Crippen LogP contribution in [0.25, 0.3) is 0 Å². The van der Waals surface area contributed by atoms with Crippen molar-refractivity contribution in [3.8, 4) is 0 Å². The summed E-state index contributed by atoms with van der Waals surface area (Å²) in [6.45, 7) is 2.21. The van der Waals surface area contributed by atoms with E-state index < -0.39 is 0 Å². The largest absolute Gasteiger partial charge is 0.449 e. The lowest BCUT2D eigenvalue weighted by atomic mass is 10.2. The Kier molecular flexibility index (Phi) is 6.22. The maximum absolute atomic E-state index is 5.69. The van der Waals surface area contributed by atoms with E-state index in [0.29, 0.717) is 11.3 Å². The van der Waals surface area contributed by atoms with Crippen LogP contribution in [0.15, 0.2) is 16.5 Å². The summed E-state index contributed by atoms with van der Waals surface area (Å²) < 4.78 is 5.28. The summed E-state index contributed by atoms with van der Waals surface area (Å²) in [5.41, 5.74) is 0. The van der Waals surface area contributed by atoms with Gasteiger partial charge in [-0.15, -0.1) is 0 Å². The van der Waals surface area contributed by atoms with Gasteiger partial charge in [0.05, 0.1) is 5.75 Å². The number of nitrogens with one attached hydrogen (secondary N) is 1. The van der Waals surface area contributed by atoms with E-state index in [4.69, 9.17) is 16.0 Å². The van der Waals surface area contributed by atoms with E-state index in [1.165, 1.54) is 12.8 Å². The third kappa shape index (κ3) is 4.96. The molecule has 86 valence electrons. The molecule has 0 aliphatic carbocycles. The van der Waals surface area contributed by atoms with Crippen LogP contribution in [0.3, 0.4) is 0 Å². The summed E-state index contributed by atoms with van der Waals surface area (Å²) in [5, 5.41) is 3.79. The van der Waals surface area contributed by atoms with Gasteiger partial charge in [-0.3, -0.25) is 0 Å². The van der Waals surface area contributed by atoms with Crippen LogP contribution in [0.4, 0.5) is 0 Å². The lowest BCUT2D eigenvalue weighted by Gasteiger charge is -2.13. The Bertz CT molecular complexity index is 277. The highest BCUT2D eigenvalue weighted by atomic mass is 35.5. The average molecular weight is 248 g/mol. The van der Waals surface area contributed by atoms with Crippen molar-refractivity contribution in [1.82, 2.24) is 5.32 Å². The number of furan rings is 1. The fraction of sp³-hybridized carbons (Fsp3) is 0.636. The molecular formula is C11H18ClNOS. The highest BCUT2D eigenvalue weighted by Gasteiger charge is 2.06. The van der Waals surface area contributed by atoms with Gasteiger partial charge in [0, 0.05) is 11.8 Å². The quantitative estimate of drug-likeness (QED) is 0.798. The predicted octanol–water partition coefficient (Wildman–Crippen LogP) is 3.55. The Labute approximate surface area is 101 Å². The van der Waals surface area contributed by atoms with Crippen molar-refractivity contribution in [2.24, 2.45) is 0 Å². The number of halogens is 1. The molecule has 4 heteroatoms. The van der Waals surface area contributed by atoms with Gasteiger partial charge in [-0.05, 0) is 37.2 Å². The van der Waals surface area contributed by atoms with Crippen LogP contribution in [0.1, 0.15) is 25.5 Å². The second kappa shape index (κ2) is 7.20. The van der Waals surface area contributed by atoms with Gasteiger partial charge in [0.25, 0.3) is 0 Å². The molecular weight excluding hydrogens is 230 g/mol. The van der Waals surface area contributed by atoms with Crippen molar-refractivity contribution < 1.29 is 4.42 Å². The molecule has 0 aromatic carbocycles. The molecule has 1 rings (SSSR count). The van der Waals surface area contributed by atoms with Crippen molar-refractivity contribution in [2.75, 3.05) is 12.8 Å². The molecule has 1 heterocycles. The fourth-order valence-electron chi connectivity index (χ4n) is 1.39. The molecule has 0 saturated carbocycles. The molecule has 2 nitrogen and oxygen atoms in total. The Morgan fingerprint density at radius 2 is 2.33 bits per heavy atom. The van der Waals surface area contributed by atoms with Gasteiger partial charge in [-0.1, -0.05) is 13.3 Å². The Hall–Kier alpha value is -0.120. The fourth-order valence-corrected chi connectivity index (χ4v) is 2.64. The minimum Gasteiger partial charge on any atom is -0.449 e. The van der Waals surface area contributed by atoms with Gasteiger partial charge in [-0.25, -0.2) is 0 Å². The first-order valence-corrected chi connectivity index (χ1v) is 6.78. The lowest BCUT2D eigenvalue weighted by molar-refractivity contribution is 0.531. The topological polar surface area (TPSA) is 25.2 Å². The summed E-state index contributed by atoms with van der Waals surface area (Å²) in [6, 6.07) is 4.33. The minimum absolute atomic E-state index is 0.476. The zero-order valence-electron chi connectivity index (χ0n) is 9.25. The molecule has 0 saturated heterocycles. The van der Waals surface area contributed by atoms with Gasteiger partial charge in [0.2, 0.25) is 0 Å². The number of hydrogen-bond acceptors (Lipinski definition) is 3. The summed E-state index contributed by atoms with van der Waals surface area (Å²) >= 11 is 7.57. The molecule has 1 aromatic heterocycles. The maximum Gasteiger partial charge on any atom is 0.193 e. The zero-order chi connectivity index (χ0) is 11.1. The molecule has 0 fully saturated rings. The first kappa shape index (κ1) is 12.9. The van der Waals surface area contributed by atoms with E-state index in [9.17, 15) is 0 Å². The standard InChI is InChI=1S/C11H18ClNOS/c1-3-4-9(13-2)7-15-8-10-5-6-11(12)14-10/h5-6,9,13H,3-4,7-8H2,1-2H3. The molecule has 0 aliphatic rings. The van der Waals surface area contributed by atoms with E-state index >= 15 is 0 Å². The lowest BCUT2D eigenvalue weighted by Crippen LogP contribution is -2.27. The highest BCUT2D eigenvalue weighted by Crippen LogP contribution is 2.19. The second-order valence-electron chi connectivity index (χ2n) is 3.50. The van der Waals surface area contributed by atoms with Crippen LogP contribution in [0, 0.1) is 0 Å². The van der Waals surface area contributed by atoms with Crippen molar-refractivity contribution in [2.45, 2.75) is 31.6 Å². The van der Waals surface area contributed by atoms with Gasteiger partial charge in [0.1, 0.15) is 5.76 Å². The highest BCUT2D eigenvalue weighted by molar-refractivity contribution is 7.98. The molecule has 1 atom stereocenters. The molecule has 1 unspecified atom stereocenters. The van der Waals surface area contributed by atoms with Crippen LogP contribution in [0.2, 0.25) is 5.22 Å². The summed E-state index contributed by atoms with van der Waals surface area (Å²) in [6.07, 6.45) is 2.45. The van der Waals surface area contributed by atoms with Crippen molar-refractivity contribution in [3.05, 3.63) is 23.1 Å². The maximum atomic E-state index is 5.69.